The van der Waals surface area contributed by atoms with Crippen LogP contribution in [0.25, 0.3) is 10.6 Å². The molecule has 0 aliphatic rings. The summed E-state index contributed by atoms with van der Waals surface area (Å²) in [5, 5.41) is 4.92. The molecule has 0 amide bonds. The maximum Gasteiger partial charge on any atom is 0.123 e. The van der Waals surface area contributed by atoms with Crippen LogP contribution in [0.15, 0.2) is 30.5 Å². The van der Waals surface area contributed by atoms with Crippen LogP contribution < -0.4 is 5.32 Å². The molecular weight excluding hydrogens is 240 g/mol. The molecule has 0 aliphatic carbocycles. The summed E-state index contributed by atoms with van der Waals surface area (Å²) >= 11 is 7.68. The van der Waals surface area contributed by atoms with Gasteiger partial charge in [0.15, 0.2) is 0 Å². The van der Waals surface area contributed by atoms with Crippen LogP contribution in [0.1, 0.15) is 4.88 Å². The highest BCUT2D eigenvalue weighted by Crippen LogP contribution is 2.27. The molecule has 0 radical (unpaired) electrons. The van der Waals surface area contributed by atoms with Gasteiger partial charge in [-0.15, -0.1) is 11.3 Å². The van der Waals surface area contributed by atoms with Gasteiger partial charge in [-0.3, -0.25) is 0 Å². The third-order valence-electron chi connectivity index (χ3n) is 2.25. The lowest BCUT2D eigenvalue weighted by molar-refractivity contribution is 0.798. The Morgan fingerprint density at radius 1 is 1.44 bits per heavy atom. The molecule has 2 nitrogen and oxygen atoms in total. The predicted octanol–water partition coefficient (Wildman–Crippen LogP) is 3.23. The third-order valence-corrected chi connectivity index (χ3v) is 3.59. The molecule has 1 heterocycles. The van der Waals surface area contributed by atoms with Crippen LogP contribution in [0.2, 0.25) is 5.02 Å². The van der Waals surface area contributed by atoms with Crippen LogP contribution in [0, 0.1) is 0 Å². The van der Waals surface area contributed by atoms with Gasteiger partial charge in [-0.05, 0) is 32.1 Å². The fourth-order valence-corrected chi connectivity index (χ4v) is 2.52. The van der Waals surface area contributed by atoms with E-state index in [-0.39, 0.29) is 0 Å². The van der Waals surface area contributed by atoms with E-state index in [4.69, 9.17) is 11.6 Å². The van der Waals surface area contributed by atoms with E-state index in [1.54, 1.807) is 11.3 Å². The van der Waals surface area contributed by atoms with E-state index >= 15 is 0 Å². The Morgan fingerprint density at radius 3 is 3.06 bits per heavy atom. The Morgan fingerprint density at radius 2 is 2.31 bits per heavy atom. The van der Waals surface area contributed by atoms with Crippen molar-refractivity contribution < 1.29 is 0 Å². The van der Waals surface area contributed by atoms with Crippen molar-refractivity contribution in [3.05, 3.63) is 40.4 Å². The Bertz CT molecular complexity index is 468. The minimum Gasteiger partial charge on any atom is -0.319 e. The molecule has 0 unspecified atom stereocenters. The first kappa shape index (κ1) is 11.6. The predicted molar refractivity (Wildman–Crippen MR) is 70.2 cm³/mol. The van der Waals surface area contributed by atoms with Gasteiger partial charge in [-0.2, -0.15) is 0 Å². The van der Waals surface area contributed by atoms with Gasteiger partial charge in [-0.1, -0.05) is 23.7 Å². The molecule has 0 saturated heterocycles. The zero-order valence-electron chi connectivity index (χ0n) is 9.03. The zero-order chi connectivity index (χ0) is 11.4. The van der Waals surface area contributed by atoms with Crippen molar-refractivity contribution in [2.75, 3.05) is 13.6 Å². The molecule has 2 aromatic rings. The summed E-state index contributed by atoms with van der Waals surface area (Å²) in [6.45, 7) is 0.983. The van der Waals surface area contributed by atoms with Crippen LogP contribution in [-0.4, -0.2) is 18.6 Å². The maximum absolute atomic E-state index is 5.95. The lowest BCUT2D eigenvalue weighted by atomic mass is 10.2. The second-order valence-corrected chi connectivity index (χ2v) is 5.05. The highest BCUT2D eigenvalue weighted by molar-refractivity contribution is 7.15. The topological polar surface area (TPSA) is 24.9 Å². The van der Waals surface area contributed by atoms with E-state index in [0.717, 1.165) is 28.6 Å². The SMILES string of the molecule is CNCCc1cnc(-c2cccc(Cl)c2)s1. The summed E-state index contributed by atoms with van der Waals surface area (Å²) in [7, 11) is 1.96. The van der Waals surface area contributed by atoms with Gasteiger partial charge in [0.05, 0.1) is 0 Å². The monoisotopic (exact) mass is 252 g/mol. The smallest absolute Gasteiger partial charge is 0.123 e. The molecule has 2 rings (SSSR count). The second kappa shape index (κ2) is 5.43. The van der Waals surface area contributed by atoms with E-state index < -0.39 is 0 Å². The molecule has 0 saturated carbocycles. The Labute approximate surface area is 104 Å². The van der Waals surface area contributed by atoms with Crippen molar-refractivity contribution >= 4 is 22.9 Å². The summed E-state index contributed by atoms with van der Waals surface area (Å²) in [5.41, 5.74) is 1.09. The number of nitrogens with zero attached hydrogens (tertiary/aromatic N) is 1. The molecular formula is C12H13ClN2S. The number of aromatic nitrogens is 1. The van der Waals surface area contributed by atoms with Crippen LogP contribution >= 0.6 is 22.9 Å². The minimum absolute atomic E-state index is 0.754. The molecule has 4 heteroatoms. The standard InChI is InChI=1S/C12H13ClN2S/c1-14-6-5-11-8-15-12(16-11)9-3-2-4-10(13)7-9/h2-4,7-8,14H,5-6H2,1H3. The maximum atomic E-state index is 5.95. The number of hydrogen-bond acceptors (Lipinski definition) is 3. The first-order valence-corrected chi connectivity index (χ1v) is 6.34. The van der Waals surface area contributed by atoms with E-state index in [1.807, 2.05) is 37.5 Å². The average molecular weight is 253 g/mol. The van der Waals surface area contributed by atoms with E-state index in [9.17, 15) is 0 Å². The summed E-state index contributed by atoms with van der Waals surface area (Å²) in [5.74, 6) is 0. The number of benzene rings is 1. The quantitative estimate of drug-likeness (QED) is 0.904. The van der Waals surface area contributed by atoms with Gasteiger partial charge in [0.1, 0.15) is 5.01 Å². The average Bonchev–Trinajstić information content (AvgIpc) is 2.75. The van der Waals surface area contributed by atoms with Crippen molar-refractivity contribution in [3.63, 3.8) is 0 Å². The summed E-state index contributed by atoms with van der Waals surface area (Å²) < 4.78 is 0. The second-order valence-electron chi connectivity index (χ2n) is 3.50. The number of thiazole rings is 1. The molecule has 1 aromatic heterocycles. The van der Waals surface area contributed by atoms with Crippen molar-refractivity contribution in [2.45, 2.75) is 6.42 Å². The lowest BCUT2D eigenvalue weighted by Crippen LogP contribution is -2.09. The third kappa shape index (κ3) is 2.82. The molecule has 1 N–H and O–H groups in total. The van der Waals surface area contributed by atoms with Crippen molar-refractivity contribution in [1.29, 1.82) is 0 Å². The van der Waals surface area contributed by atoms with Gasteiger partial charge in [0.25, 0.3) is 0 Å². The molecule has 84 valence electrons. The summed E-state index contributed by atoms with van der Waals surface area (Å²) in [4.78, 5) is 5.71. The van der Waals surface area contributed by atoms with Crippen LogP contribution in [0.3, 0.4) is 0 Å². The summed E-state index contributed by atoms with van der Waals surface area (Å²) in [6.07, 6.45) is 2.97. The Kier molecular flexibility index (Phi) is 3.93. The van der Waals surface area contributed by atoms with Gasteiger partial charge >= 0.3 is 0 Å². The largest absolute Gasteiger partial charge is 0.319 e. The van der Waals surface area contributed by atoms with Gasteiger partial charge < -0.3 is 5.32 Å². The molecule has 16 heavy (non-hydrogen) atoms. The van der Waals surface area contributed by atoms with E-state index in [2.05, 4.69) is 10.3 Å². The van der Waals surface area contributed by atoms with Crippen molar-refractivity contribution in [3.8, 4) is 10.6 Å². The van der Waals surface area contributed by atoms with E-state index in [0.29, 0.717) is 0 Å². The number of halogens is 1. The van der Waals surface area contributed by atoms with Gasteiger partial charge in [0, 0.05) is 21.7 Å². The van der Waals surface area contributed by atoms with Crippen molar-refractivity contribution in [1.82, 2.24) is 10.3 Å². The fraction of sp³-hybridized carbons (Fsp3) is 0.250. The van der Waals surface area contributed by atoms with E-state index in [1.165, 1.54) is 4.88 Å². The van der Waals surface area contributed by atoms with Gasteiger partial charge in [0.2, 0.25) is 0 Å². The minimum atomic E-state index is 0.754. The molecule has 0 spiro atoms. The number of hydrogen-bond donors (Lipinski definition) is 1. The number of nitrogens with one attached hydrogen (secondary N) is 1. The molecule has 1 aromatic carbocycles. The highest BCUT2D eigenvalue weighted by atomic mass is 35.5. The number of likely N-dealkylation sites (N-methyl/N-ethyl adjacent to an activating group) is 1. The first-order valence-electron chi connectivity index (χ1n) is 5.15. The molecule has 0 aliphatic heterocycles. The lowest BCUT2D eigenvalue weighted by Gasteiger charge is -1.96. The first-order chi connectivity index (χ1) is 7.79. The fourth-order valence-electron chi connectivity index (χ4n) is 1.43. The van der Waals surface area contributed by atoms with Crippen molar-refractivity contribution in [2.24, 2.45) is 0 Å². The summed E-state index contributed by atoms with van der Waals surface area (Å²) in [6, 6.07) is 7.81. The molecule has 0 fully saturated rings. The normalized spacial score (nSPS) is 10.6. The molecule has 0 bridgehead atoms. The zero-order valence-corrected chi connectivity index (χ0v) is 10.6. The Balaban J connectivity index is 2.18. The van der Waals surface area contributed by atoms with Crippen LogP contribution in [0.4, 0.5) is 0 Å². The Hall–Kier alpha value is -0.900. The van der Waals surface area contributed by atoms with Crippen LogP contribution in [-0.2, 0) is 6.42 Å². The van der Waals surface area contributed by atoms with Gasteiger partial charge in [-0.25, -0.2) is 4.98 Å². The highest BCUT2D eigenvalue weighted by Gasteiger charge is 2.04. The number of rotatable bonds is 4. The molecule has 0 atom stereocenters. The van der Waals surface area contributed by atoms with Crippen LogP contribution in [0.5, 0.6) is 0 Å².